The summed E-state index contributed by atoms with van der Waals surface area (Å²) in [7, 11) is 0. The Morgan fingerprint density at radius 2 is 2.21 bits per heavy atom. The fraction of sp³-hybridized carbons (Fsp3) is 0.538. The first-order valence-corrected chi connectivity index (χ1v) is 6.16. The summed E-state index contributed by atoms with van der Waals surface area (Å²) >= 11 is 0. The molecule has 1 aromatic rings. The first-order valence-electron chi connectivity index (χ1n) is 6.16. The number of amides is 1. The van der Waals surface area contributed by atoms with Crippen molar-refractivity contribution in [3.63, 3.8) is 0 Å². The second-order valence-electron chi connectivity index (χ2n) is 4.55. The van der Waals surface area contributed by atoms with Gasteiger partial charge in [0, 0.05) is 25.3 Å². The molecule has 108 valence electrons. The number of hydrogen-bond donors (Lipinski definition) is 1. The third kappa shape index (κ3) is 4.06. The SMILES string of the molecule is Cc1cccnc1C(=O)N1CCCCC1CN.Cl.Cl. The Morgan fingerprint density at radius 1 is 1.47 bits per heavy atom. The molecule has 0 aromatic carbocycles. The second kappa shape index (κ2) is 8.35. The van der Waals surface area contributed by atoms with Crippen LogP contribution < -0.4 is 5.73 Å². The molecule has 2 rings (SSSR count). The lowest BCUT2D eigenvalue weighted by Crippen LogP contribution is -2.47. The summed E-state index contributed by atoms with van der Waals surface area (Å²) in [6, 6.07) is 3.95. The summed E-state index contributed by atoms with van der Waals surface area (Å²) < 4.78 is 0. The molecule has 1 atom stereocenters. The summed E-state index contributed by atoms with van der Waals surface area (Å²) in [4.78, 5) is 18.5. The fourth-order valence-electron chi connectivity index (χ4n) is 2.36. The third-order valence-electron chi connectivity index (χ3n) is 3.37. The van der Waals surface area contributed by atoms with Gasteiger partial charge in [0.15, 0.2) is 0 Å². The van der Waals surface area contributed by atoms with Crippen molar-refractivity contribution < 1.29 is 4.79 Å². The van der Waals surface area contributed by atoms with Crippen molar-refractivity contribution in [1.82, 2.24) is 9.88 Å². The Kier molecular flexibility index (Phi) is 7.99. The van der Waals surface area contributed by atoms with Crippen molar-refractivity contribution in [3.05, 3.63) is 29.6 Å². The van der Waals surface area contributed by atoms with Crippen molar-refractivity contribution >= 4 is 30.7 Å². The molecule has 1 saturated heterocycles. The number of likely N-dealkylation sites (tertiary alicyclic amines) is 1. The highest BCUT2D eigenvalue weighted by Crippen LogP contribution is 2.19. The molecular weight excluding hydrogens is 285 g/mol. The molecule has 1 aromatic heterocycles. The number of carbonyl (C=O) groups excluding carboxylic acids is 1. The lowest BCUT2D eigenvalue weighted by molar-refractivity contribution is 0.0616. The van der Waals surface area contributed by atoms with E-state index in [-0.39, 0.29) is 36.8 Å². The molecule has 0 spiro atoms. The van der Waals surface area contributed by atoms with Crippen molar-refractivity contribution in [2.45, 2.75) is 32.2 Å². The largest absolute Gasteiger partial charge is 0.333 e. The molecule has 1 aliphatic rings. The smallest absolute Gasteiger partial charge is 0.273 e. The minimum atomic E-state index is 0. The van der Waals surface area contributed by atoms with E-state index in [2.05, 4.69) is 4.98 Å². The lowest BCUT2D eigenvalue weighted by Gasteiger charge is -2.35. The van der Waals surface area contributed by atoms with Crippen LogP contribution in [0.1, 0.15) is 35.3 Å². The zero-order chi connectivity index (χ0) is 12.3. The third-order valence-corrected chi connectivity index (χ3v) is 3.37. The van der Waals surface area contributed by atoms with Gasteiger partial charge in [0.1, 0.15) is 5.69 Å². The van der Waals surface area contributed by atoms with Gasteiger partial charge in [-0.1, -0.05) is 6.07 Å². The van der Waals surface area contributed by atoms with Crippen LogP contribution in [0.4, 0.5) is 0 Å². The Balaban J connectivity index is 0.00000162. The topological polar surface area (TPSA) is 59.2 Å². The highest BCUT2D eigenvalue weighted by molar-refractivity contribution is 5.93. The van der Waals surface area contributed by atoms with Crippen molar-refractivity contribution in [2.75, 3.05) is 13.1 Å². The Labute approximate surface area is 126 Å². The Bertz CT molecular complexity index is 415. The molecule has 2 N–H and O–H groups in total. The number of nitrogens with two attached hydrogens (primary N) is 1. The molecule has 4 nitrogen and oxygen atoms in total. The van der Waals surface area contributed by atoms with E-state index in [0.717, 1.165) is 31.4 Å². The van der Waals surface area contributed by atoms with Crippen LogP contribution in [-0.4, -0.2) is 34.9 Å². The number of pyridine rings is 1. The zero-order valence-corrected chi connectivity index (χ0v) is 12.7. The lowest BCUT2D eigenvalue weighted by atomic mass is 10.0. The van der Waals surface area contributed by atoms with E-state index in [4.69, 9.17) is 5.73 Å². The minimum Gasteiger partial charge on any atom is -0.333 e. The zero-order valence-electron chi connectivity index (χ0n) is 11.0. The van der Waals surface area contributed by atoms with Gasteiger partial charge in [0.2, 0.25) is 0 Å². The summed E-state index contributed by atoms with van der Waals surface area (Å²) in [5.41, 5.74) is 7.23. The number of carbonyl (C=O) groups is 1. The predicted molar refractivity (Wildman–Crippen MR) is 81.2 cm³/mol. The van der Waals surface area contributed by atoms with Crippen LogP contribution in [0, 0.1) is 6.92 Å². The van der Waals surface area contributed by atoms with Crippen LogP contribution in [0.25, 0.3) is 0 Å². The quantitative estimate of drug-likeness (QED) is 0.911. The molecule has 1 aliphatic heterocycles. The van der Waals surface area contributed by atoms with Gasteiger partial charge in [0.05, 0.1) is 0 Å². The van der Waals surface area contributed by atoms with Gasteiger partial charge in [-0.15, -0.1) is 24.8 Å². The number of nitrogens with zero attached hydrogens (tertiary/aromatic N) is 2. The molecule has 0 radical (unpaired) electrons. The summed E-state index contributed by atoms with van der Waals surface area (Å²) in [6.07, 6.45) is 4.90. The minimum absolute atomic E-state index is 0. The summed E-state index contributed by atoms with van der Waals surface area (Å²) in [6.45, 7) is 3.26. The van der Waals surface area contributed by atoms with Gasteiger partial charge in [-0.2, -0.15) is 0 Å². The van der Waals surface area contributed by atoms with Gasteiger partial charge >= 0.3 is 0 Å². The highest BCUT2D eigenvalue weighted by Gasteiger charge is 2.27. The van der Waals surface area contributed by atoms with Crippen LogP contribution in [0.5, 0.6) is 0 Å². The van der Waals surface area contributed by atoms with E-state index < -0.39 is 0 Å². The highest BCUT2D eigenvalue weighted by atomic mass is 35.5. The van der Waals surface area contributed by atoms with E-state index >= 15 is 0 Å². The number of rotatable bonds is 2. The van der Waals surface area contributed by atoms with Crippen molar-refractivity contribution in [2.24, 2.45) is 5.73 Å². The van der Waals surface area contributed by atoms with Crippen LogP contribution in [-0.2, 0) is 0 Å². The van der Waals surface area contributed by atoms with E-state index in [1.54, 1.807) is 6.20 Å². The normalized spacial score (nSPS) is 18.2. The molecule has 1 unspecified atom stereocenters. The summed E-state index contributed by atoms with van der Waals surface area (Å²) in [5, 5.41) is 0. The van der Waals surface area contributed by atoms with E-state index in [1.165, 1.54) is 0 Å². The number of aromatic nitrogens is 1. The maximum atomic E-state index is 12.4. The molecule has 1 amide bonds. The Hall–Kier alpha value is -0.840. The monoisotopic (exact) mass is 305 g/mol. The standard InChI is InChI=1S/C13H19N3O.2ClH/c1-10-5-4-7-15-12(10)13(17)16-8-3-2-6-11(16)9-14;;/h4-5,7,11H,2-3,6,8-9,14H2,1H3;2*1H. The maximum absolute atomic E-state index is 12.4. The van der Waals surface area contributed by atoms with Crippen LogP contribution in [0.3, 0.4) is 0 Å². The van der Waals surface area contributed by atoms with Gasteiger partial charge in [-0.05, 0) is 37.8 Å². The molecule has 0 bridgehead atoms. The van der Waals surface area contributed by atoms with Gasteiger partial charge in [-0.25, -0.2) is 0 Å². The van der Waals surface area contributed by atoms with E-state index in [0.29, 0.717) is 12.2 Å². The van der Waals surface area contributed by atoms with Crippen molar-refractivity contribution in [3.8, 4) is 0 Å². The van der Waals surface area contributed by atoms with Crippen LogP contribution >= 0.6 is 24.8 Å². The Morgan fingerprint density at radius 3 is 2.84 bits per heavy atom. The first-order chi connectivity index (χ1) is 8.24. The molecule has 1 fully saturated rings. The molecule has 6 heteroatoms. The number of aryl methyl sites for hydroxylation is 1. The van der Waals surface area contributed by atoms with Gasteiger partial charge < -0.3 is 10.6 Å². The average Bonchev–Trinajstić information content (AvgIpc) is 2.38. The van der Waals surface area contributed by atoms with E-state index in [1.807, 2.05) is 24.0 Å². The molecule has 0 saturated carbocycles. The first kappa shape index (κ1) is 18.2. The molecule has 19 heavy (non-hydrogen) atoms. The van der Waals surface area contributed by atoms with Crippen molar-refractivity contribution in [1.29, 1.82) is 0 Å². The molecule has 0 aliphatic carbocycles. The second-order valence-corrected chi connectivity index (χ2v) is 4.55. The van der Waals surface area contributed by atoms with Gasteiger partial charge in [0.25, 0.3) is 5.91 Å². The number of piperidine rings is 1. The fourth-order valence-corrected chi connectivity index (χ4v) is 2.36. The van der Waals surface area contributed by atoms with Gasteiger partial charge in [-0.3, -0.25) is 9.78 Å². The van der Waals surface area contributed by atoms with Crippen LogP contribution in [0.15, 0.2) is 18.3 Å². The maximum Gasteiger partial charge on any atom is 0.273 e. The average molecular weight is 306 g/mol. The van der Waals surface area contributed by atoms with E-state index in [9.17, 15) is 4.79 Å². The molecule has 2 heterocycles. The molecular formula is C13H21Cl2N3O. The number of halogens is 2. The van der Waals surface area contributed by atoms with Crippen LogP contribution in [0.2, 0.25) is 0 Å². The predicted octanol–water partition coefficient (Wildman–Crippen LogP) is 2.19. The summed E-state index contributed by atoms with van der Waals surface area (Å²) in [5.74, 6) is 0.0262. The number of hydrogen-bond acceptors (Lipinski definition) is 3.